The highest BCUT2D eigenvalue weighted by atomic mass is 32.1. The third-order valence-corrected chi connectivity index (χ3v) is 4.64. The van der Waals surface area contributed by atoms with Crippen molar-refractivity contribution in [2.75, 3.05) is 17.2 Å². The van der Waals surface area contributed by atoms with E-state index in [1.807, 2.05) is 43.3 Å². The molecule has 0 saturated heterocycles. The number of carbonyl (C=O) groups excluding carboxylic acids is 2. The number of rotatable bonds is 8. The van der Waals surface area contributed by atoms with Gasteiger partial charge in [0.05, 0.1) is 18.6 Å². The lowest BCUT2D eigenvalue weighted by atomic mass is 10.1. The molecule has 0 aliphatic heterocycles. The van der Waals surface area contributed by atoms with E-state index in [1.165, 1.54) is 0 Å². The molecule has 3 rings (SSSR count). The average Bonchev–Trinajstić information content (AvgIpc) is 2.78. The number of hydrogen-bond acceptors (Lipinski definition) is 4. The molecular formula is C25H25N3O3S. The molecule has 0 fully saturated rings. The fourth-order valence-corrected chi connectivity index (χ4v) is 3.20. The Kier molecular flexibility index (Phi) is 8.34. The maximum Gasteiger partial charge on any atom is 0.261 e. The minimum absolute atomic E-state index is 0.118. The number of ether oxygens (including phenoxy) is 1. The van der Waals surface area contributed by atoms with E-state index in [1.54, 1.807) is 42.5 Å². The predicted molar refractivity (Wildman–Crippen MR) is 131 cm³/mol. The van der Waals surface area contributed by atoms with Crippen LogP contribution in [0.15, 0.2) is 78.9 Å². The predicted octanol–water partition coefficient (Wildman–Crippen LogP) is 4.78. The first-order valence-corrected chi connectivity index (χ1v) is 10.7. The Morgan fingerprint density at radius 3 is 2.31 bits per heavy atom. The maximum absolute atomic E-state index is 12.6. The Labute approximate surface area is 193 Å². The smallest absolute Gasteiger partial charge is 0.261 e. The van der Waals surface area contributed by atoms with Gasteiger partial charge in [0.25, 0.3) is 5.91 Å². The summed E-state index contributed by atoms with van der Waals surface area (Å²) in [4.78, 5) is 24.9. The summed E-state index contributed by atoms with van der Waals surface area (Å²) in [5, 5.41) is 8.66. The molecule has 0 bridgehead atoms. The molecule has 3 aromatic carbocycles. The molecule has 0 radical (unpaired) electrons. The van der Waals surface area contributed by atoms with Crippen LogP contribution in [-0.4, -0.2) is 23.5 Å². The van der Waals surface area contributed by atoms with Gasteiger partial charge in [0.1, 0.15) is 5.75 Å². The molecule has 0 aliphatic carbocycles. The zero-order valence-electron chi connectivity index (χ0n) is 17.8. The van der Waals surface area contributed by atoms with E-state index >= 15 is 0 Å². The molecule has 0 saturated carbocycles. The molecular weight excluding hydrogens is 422 g/mol. The van der Waals surface area contributed by atoms with E-state index in [0.717, 1.165) is 12.0 Å². The van der Waals surface area contributed by atoms with E-state index < -0.39 is 0 Å². The minimum atomic E-state index is -0.360. The van der Waals surface area contributed by atoms with Gasteiger partial charge in [-0.05, 0) is 54.5 Å². The molecule has 0 aliphatic rings. The second kappa shape index (κ2) is 11.6. The van der Waals surface area contributed by atoms with Gasteiger partial charge in [-0.3, -0.25) is 14.9 Å². The summed E-state index contributed by atoms with van der Waals surface area (Å²) >= 11 is 5.29. The Morgan fingerprint density at radius 2 is 1.56 bits per heavy atom. The molecule has 3 N–H and O–H groups in total. The lowest BCUT2D eigenvalue weighted by Gasteiger charge is -2.13. The number of amides is 2. The Hall–Kier alpha value is -3.71. The summed E-state index contributed by atoms with van der Waals surface area (Å²) in [7, 11) is 0. The summed E-state index contributed by atoms with van der Waals surface area (Å²) in [6.07, 6.45) is 1.13. The van der Waals surface area contributed by atoms with Gasteiger partial charge in [-0.2, -0.15) is 0 Å². The van der Waals surface area contributed by atoms with E-state index in [9.17, 15) is 9.59 Å². The average molecular weight is 448 g/mol. The van der Waals surface area contributed by atoms with Crippen molar-refractivity contribution in [2.45, 2.75) is 19.8 Å². The molecule has 0 spiro atoms. The second-order valence-corrected chi connectivity index (χ2v) is 7.45. The summed E-state index contributed by atoms with van der Waals surface area (Å²) in [5.74, 6) is 0.0345. The Bertz CT molecular complexity index is 1090. The van der Waals surface area contributed by atoms with Crippen molar-refractivity contribution in [3.8, 4) is 5.75 Å². The SMILES string of the molecule is CCCOc1ccccc1C(=O)NC(=S)Nc1cccc(NC(=O)Cc2ccccc2)c1. The number of hydrogen-bond donors (Lipinski definition) is 3. The van der Waals surface area contributed by atoms with E-state index in [2.05, 4.69) is 16.0 Å². The highest BCUT2D eigenvalue weighted by Crippen LogP contribution is 2.19. The third kappa shape index (κ3) is 6.92. The van der Waals surface area contributed by atoms with Gasteiger partial charge < -0.3 is 15.4 Å². The monoisotopic (exact) mass is 447 g/mol. The fraction of sp³-hybridized carbons (Fsp3) is 0.160. The molecule has 7 heteroatoms. The van der Waals surface area contributed by atoms with Crippen LogP contribution in [0.25, 0.3) is 0 Å². The fourth-order valence-electron chi connectivity index (χ4n) is 2.99. The van der Waals surface area contributed by atoms with Crippen LogP contribution in [0.5, 0.6) is 5.75 Å². The molecule has 0 unspecified atom stereocenters. The largest absolute Gasteiger partial charge is 0.493 e. The van der Waals surface area contributed by atoms with Gasteiger partial charge in [0, 0.05) is 11.4 Å². The number of thiocarbonyl (C=S) groups is 1. The highest BCUT2D eigenvalue weighted by Gasteiger charge is 2.13. The van der Waals surface area contributed by atoms with Crippen molar-refractivity contribution in [1.82, 2.24) is 5.32 Å². The van der Waals surface area contributed by atoms with Crippen molar-refractivity contribution < 1.29 is 14.3 Å². The number of anilines is 2. The first kappa shape index (κ1) is 23.0. The zero-order valence-corrected chi connectivity index (χ0v) is 18.6. The van der Waals surface area contributed by atoms with Gasteiger partial charge >= 0.3 is 0 Å². The Morgan fingerprint density at radius 1 is 0.875 bits per heavy atom. The Balaban J connectivity index is 1.58. The lowest BCUT2D eigenvalue weighted by molar-refractivity contribution is -0.115. The normalized spacial score (nSPS) is 10.2. The van der Waals surface area contributed by atoms with Gasteiger partial charge in [-0.1, -0.05) is 55.5 Å². The molecule has 6 nitrogen and oxygen atoms in total. The van der Waals surface area contributed by atoms with Gasteiger partial charge in [-0.25, -0.2) is 0 Å². The second-order valence-electron chi connectivity index (χ2n) is 7.04. The zero-order chi connectivity index (χ0) is 22.8. The first-order chi connectivity index (χ1) is 15.5. The topological polar surface area (TPSA) is 79.5 Å². The molecule has 0 atom stereocenters. The molecule has 2 amide bonds. The standard InChI is InChI=1S/C25H25N3O3S/c1-2-15-31-22-14-7-6-13-21(22)24(30)28-25(32)27-20-12-8-11-19(17-20)26-23(29)16-18-9-4-3-5-10-18/h3-14,17H,2,15-16H2,1H3,(H,26,29)(H2,27,28,30,32). The van der Waals surface area contributed by atoms with Crippen LogP contribution in [-0.2, 0) is 11.2 Å². The number of benzene rings is 3. The molecule has 32 heavy (non-hydrogen) atoms. The van der Waals surface area contributed by atoms with Crippen LogP contribution >= 0.6 is 12.2 Å². The van der Waals surface area contributed by atoms with Crippen LogP contribution in [0.2, 0.25) is 0 Å². The van der Waals surface area contributed by atoms with E-state index in [0.29, 0.717) is 29.3 Å². The van der Waals surface area contributed by atoms with Gasteiger partial charge in [-0.15, -0.1) is 0 Å². The van der Waals surface area contributed by atoms with Gasteiger partial charge in [0.2, 0.25) is 5.91 Å². The van der Waals surface area contributed by atoms with Crippen molar-refractivity contribution in [3.63, 3.8) is 0 Å². The molecule has 164 valence electrons. The van der Waals surface area contributed by atoms with Crippen molar-refractivity contribution in [1.29, 1.82) is 0 Å². The summed E-state index contributed by atoms with van der Waals surface area (Å²) in [6.45, 7) is 2.52. The van der Waals surface area contributed by atoms with Gasteiger partial charge in [0.15, 0.2) is 5.11 Å². The van der Waals surface area contributed by atoms with Crippen LogP contribution in [0.4, 0.5) is 11.4 Å². The minimum Gasteiger partial charge on any atom is -0.493 e. The van der Waals surface area contributed by atoms with E-state index in [-0.39, 0.29) is 23.3 Å². The first-order valence-electron chi connectivity index (χ1n) is 10.3. The molecule has 0 heterocycles. The lowest BCUT2D eigenvalue weighted by Crippen LogP contribution is -2.34. The van der Waals surface area contributed by atoms with E-state index in [4.69, 9.17) is 17.0 Å². The number of nitrogens with one attached hydrogen (secondary N) is 3. The molecule has 0 aromatic heterocycles. The summed E-state index contributed by atoms with van der Waals surface area (Å²) < 4.78 is 5.64. The van der Waals surface area contributed by atoms with Crippen LogP contribution in [0, 0.1) is 0 Å². The van der Waals surface area contributed by atoms with Crippen molar-refractivity contribution in [3.05, 3.63) is 90.0 Å². The highest BCUT2D eigenvalue weighted by molar-refractivity contribution is 7.80. The van der Waals surface area contributed by atoms with Crippen LogP contribution in [0.3, 0.4) is 0 Å². The third-order valence-electron chi connectivity index (χ3n) is 4.43. The number of carbonyl (C=O) groups is 2. The van der Waals surface area contributed by atoms with Crippen LogP contribution in [0.1, 0.15) is 29.3 Å². The van der Waals surface area contributed by atoms with Crippen LogP contribution < -0.4 is 20.7 Å². The maximum atomic E-state index is 12.6. The van der Waals surface area contributed by atoms with Crippen molar-refractivity contribution >= 4 is 40.5 Å². The molecule has 3 aromatic rings. The quantitative estimate of drug-likeness (QED) is 0.433. The van der Waals surface area contributed by atoms with Crippen molar-refractivity contribution in [2.24, 2.45) is 0 Å². The number of para-hydroxylation sites is 1. The summed E-state index contributed by atoms with van der Waals surface area (Å²) in [6, 6.07) is 23.7. The summed E-state index contributed by atoms with van der Waals surface area (Å²) in [5.41, 5.74) is 2.62.